The first-order valence-corrected chi connectivity index (χ1v) is 5.37. The van der Waals surface area contributed by atoms with Crippen LogP contribution in [0.1, 0.15) is 0 Å². The number of amides is 1. The van der Waals surface area contributed by atoms with Crippen LogP contribution < -0.4 is 10.9 Å². The van der Waals surface area contributed by atoms with Gasteiger partial charge >= 0.3 is 0 Å². The molecule has 2 rings (SSSR count). The molecule has 2 heterocycles. The second-order valence-electron chi connectivity index (χ2n) is 3.78. The number of hydrogen-bond acceptors (Lipinski definition) is 5. The van der Waals surface area contributed by atoms with Crippen molar-refractivity contribution in [1.82, 2.24) is 24.4 Å². The minimum absolute atomic E-state index is 0.249. The Morgan fingerprint density at radius 3 is 2.94 bits per heavy atom. The normalized spacial score (nSPS) is 10.8. The predicted molar refractivity (Wildman–Crippen MR) is 62.9 cm³/mol. The van der Waals surface area contributed by atoms with Crippen LogP contribution in [0.2, 0.25) is 0 Å². The Kier molecular flexibility index (Phi) is 3.38. The number of fused-ring (bicyclic) bond motifs is 1. The van der Waals surface area contributed by atoms with E-state index in [2.05, 4.69) is 15.3 Å². The largest absolute Gasteiger partial charge is 0.387 e. The molecule has 0 unspecified atom stereocenters. The zero-order chi connectivity index (χ0) is 13.1. The zero-order valence-electron chi connectivity index (χ0n) is 9.83. The first-order valence-electron chi connectivity index (χ1n) is 5.37. The van der Waals surface area contributed by atoms with Gasteiger partial charge < -0.3 is 15.0 Å². The summed E-state index contributed by atoms with van der Waals surface area (Å²) in [5, 5.41) is 11.0. The SMILES string of the molecule is Cn1cnc2c(=O)n(CCNC(=O)CO)cnc21. The summed E-state index contributed by atoms with van der Waals surface area (Å²) in [6.45, 7) is -0.0319. The van der Waals surface area contributed by atoms with Crippen LogP contribution in [-0.2, 0) is 18.4 Å². The highest BCUT2D eigenvalue weighted by Gasteiger charge is 2.08. The van der Waals surface area contributed by atoms with Gasteiger partial charge in [-0.1, -0.05) is 0 Å². The van der Waals surface area contributed by atoms with E-state index in [9.17, 15) is 9.59 Å². The molecule has 0 atom stereocenters. The zero-order valence-corrected chi connectivity index (χ0v) is 9.83. The Bertz CT molecular complexity index is 630. The van der Waals surface area contributed by atoms with Crippen molar-refractivity contribution in [2.75, 3.05) is 13.2 Å². The molecular formula is C10H13N5O3. The first-order chi connectivity index (χ1) is 8.63. The predicted octanol–water partition coefficient (Wildman–Crippen LogP) is -1.76. The fourth-order valence-electron chi connectivity index (χ4n) is 1.57. The Labute approximate surface area is 102 Å². The molecule has 0 aliphatic carbocycles. The van der Waals surface area contributed by atoms with E-state index in [0.717, 1.165) is 0 Å². The molecule has 0 aromatic carbocycles. The molecule has 0 bridgehead atoms. The Morgan fingerprint density at radius 2 is 2.22 bits per heavy atom. The summed E-state index contributed by atoms with van der Waals surface area (Å²) in [5.74, 6) is -0.477. The third kappa shape index (κ3) is 2.23. The molecule has 2 aromatic heterocycles. The molecule has 8 heteroatoms. The molecule has 0 spiro atoms. The van der Waals surface area contributed by atoms with Gasteiger partial charge in [-0.2, -0.15) is 0 Å². The van der Waals surface area contributed by atoms with Crippen molar-refractivity contribution in [2.24, 2.45) is 7.05 Å². The van der Waals surface area contributed by atoms with Crippen LogP contribution in [-0.4, -0.2) is 43.3 Å². The highest BCUT2D eigenvalue weighted by atomic mass is 16.3. The van der Waals surface area contributed by atoms with Gasteiger partial charge in [-0.05, 0) is 0 Å². The third-order valence-corrected chi connectivity index (χ3v) is 2.51. The van der Waals surface area contributed by atoms with Crippen LogP contribution in [0, 0.1) is 0 Å². The van der Waals surface area contributed by atoms with Gasteiger partial charge in [0.15, 0.2) is 11.2 Å². The van der Waals surface area contributed by atoms with E-state index < -0.39 is 12.5 Å². The Hall–Kier alpha value is -2.22. The molecule has 0 radical (unpaired) electrons. The number of nitrogens with one attached hydrogen (secondary N) is 1. The molecule has 0 fully saturated rings. The monoisotopic (exact) mass is 251 g/mol. The minimum atomic E-state index is -0.563. The van der Waals surface area contributed by atoms with Gasteiger partial charge in [-0.3, -0.25) is 14.2 Å². The van der Waals surface area contributed by atoms with E-state index in [0.29, 0.717) is 11.2 Å². The number of rotatable bonds is 4. The van der Waals surface area contributed by atoms with Crippen molar-refractivity contribution in [3.8, 4) is 0 Å². The van der Waals surface area contributed by atoms with Crippen molar-refractivity contribution >= 4 is 17.1 Å². The lowest BCUT2D eigenvalue weighted by molar-refractivity contribution is -0.123. The minimum Gasteiger partial charge on any atom is -0.387 e. The van der Waals surface area contributed by atoms with Crippen LogP contribution >= 0.6 is 0 Å². The lowest BCUT2D eigenvalue weighted by Crippen LogP contribution is -2.32. The molecule has 0 saturated heterocycles. The number of aromatic nitrogens is 4. The third-order valence-electron chi connectivity index (χ3n) is 2.51. The summed E-state index contributed by atoms with van der Waals surface area (Å²) in [7, 11) is 1.76. The van der Waals surface area contributed by atoms with E-state index >= 15 is 0 Å². The number of aliphatic hydroxyl groups excluding tert-OH is 1. The Balaban J connectivity index is 2.17. The number of aliphatic hydroxyl groups is 1. The molecule has 96 valence electrons. The smallest absolute Gasteiger partial charge is 0.281 e. The maximum atomic E-state index is 12.0. The maximum Gasteiger partial charge on any atom is 0.281 e. The van der Waals surface area contributed by atoms with Crippen molar-refractivity contribution in [3.05, 3.63) is 23.0 Å². The molecule has 2 N–H and O–H groups in total. The molecule has 1 amide bonds. The van der Waals surface area contributed by atoms with E-state index in [1.807, 2.05) is 0 Å². The van der Waals surface area contributed by atoms with Crippen LogP contribution in [0.3, 0.4) is 0 Å². The van der Waals surface area contributed by atoms with Crippen LogP contribution in [0.4, 0.5) is 0 Å². The number of imidazole rings is 1. The number of carbonyl (C=O) groups is 1. The summed E-state index contributed by atoms with van der Waals surface area (Å²) in [6, 6.07) is 0. The lowest BCUT2D eigenvalue weighted by atomic mass is 10.5. The van der Waals surface area contributed by atoms with E-state index in [1.54, 1.807) is 11.6 Å². The average molecular weight is 251 g/mol. The molecular weight excluding hydrogens is 238 g/mol. The number of aryl methyl sites for hydroxylation is 1. The van der Waals surface area contributed by atoms with Gasteiger partial charge in [-0.25, -0.2) is 9.97 Å². The van der Waals surface area contributed by atoms with E-state index in [-0.39, 0.29) is 18.6 Å². The van der Waals surface area contributed by atoms with Gasteiger partial charge in [0, 0.05) is 20.1 Å². The van der Waals surface area contributed by atoms with Gasteiger partial charge in [-0.15, -0.1) is 0 Å². The lowest BCUT2D eigenvalue weighted by Gasteiger charge is -2.05. The van der Waals surface area contributed by atoms with Crippen LogP contribution in [0.25, 0.3) is 11.2 Å². The molecule has 0 saturated carbocycles. The summed E-state index contributed by atoms with van der Waals surface area (Å²) in [6.07, 6.45) is 2.94. The fraction of sp³-hybridized carbons (Fsp3) is 0.400. The van der Waals surface area contributed by atoms with E-state index in [1.165, 1.54) is 17.2 Å². The van der Waals surface area contributed by atoms with Crippen molar-refractivity contribution < 1.29 is 9.90 Å². The van der Waals surface area contributed by atoms with Gasteiger partial charge in [0.1, 0.15) is 12.9 Å². The topological polar surface area (TPSA) is 102 Å². The van der Waals surface area contributed by atoms with Crippen molar-refractivity contribution in [3.63, 3.8) is 0 Å². The van der Waals surface area contributed by atoms with Gasteiger partial charge in [0.05, 0.1) is 6.33 Å². The highest BCUT2D eigenvalue weighted by Crippen LogP contribution is 2.01. The Morgan fingerprint density at radius 1 is 1.44 bits per heavy atom. The van der Waals surface area contributed by atoms with E-state index in [4.69, 9.17) is 5.11 Å². The quantitative estimate of drug-likeness (QED) is 0.670. The number of hydrogen-bond donors (Lipinski definition) is 2. The summed E-state index contributed by atoms with van der Waals surface area (Å²) < 4.78 is 3.03. The average Bonchev–Trinajstić information content (AvgIpc) is 2.74. The summed E-state index contributed by atoms with van der Waals surface area (Å²) in [4.78, 5) is 30.9. The number of carbonyl (C=O) groups excluding carboxylic acids is 1. The van der Waals surface area contributed by atoms with Crippen LogP contribution in [0.5, 0.6) is 0 Å². The summed E-state index contributed by atoms with van der Waals surface area (Å²) in [5.41, 5.74) is 0.572. The van der Waals surface area contributed by atoms with Crippen molar-refractivity contribution in [1.29, 1.82) is 0 Å². The van der Waals surface area contributed by atoms with Crippen LogP contribution in [0.15, 0.2) is 17.4 Å². The van der Waals surface area contributed by atoms with Gasteiger partial charge in [0.25, 0.3) is 5.56 Å². The number of nitrogens with zero attached hydrogens (tertiary/aromatic N) is 4. The molecule has 0 aliphatic rings. The first kappa shape index (κ1) is 12.2. The second-order valence-corrected chi connectivity index (χ2v) is 3.78. The standard InChI is InChI=1S/C10H13N5O3/c1-14-5-12-8-9(14)13-6-15(10(8)18)3-2-11-7(17)4-16/h5-6,16H,2-4H2,1H3,(H,11,17). The molecule has 0 aliphatic heterocycles. The second kappa shape index (κ2) is 4.96. The van der Waals surface area contributed by atoms with Gasteiger partial charge in [0.2, 0.25) is 5.91 Å². The molecule has 8 nitrogen and oxygen atoms in total. The molecule has 18 heavy (non-hydrogen) atoms. The summed E-state index contributed by atoms with van der Waals surface area (Å²) >= 11 is 0. The fourth-order valence-corrected chi connectivity index (χ4v) is 1.57. The molecule has 2 aromatic rings. The highest BCUT2D eigenvalue weighted by molar-refractivity contribution is 5.76. The maximum absolute atomic E-state index is 12.0. The van der Waals surface area contributed by atoms with Crippen molar-refractivity contribution in [2.45, 2.75) is 6.54 Å².